The summed E-state index contributed by atoms with van der Waals surface area (Å²) in [6, 6.07) is 5.32. The molecule has 0 bridgehead atoms. The fourth-order valence-electron chi connectivity index (χ4n) is 2.19. The molecule has 3 aromatic heterocycles. The van der Waals surface area contributed by atoms with Crippen molar-refractivity contribution in [2.75, 3.05) is 14.2 Å². The Kier molecular flexibility index (Phi) is 3.31. The van der Waals surface area contributed by atoms with Gasteiger partial charge < -0.3 is 9.47 Å². The average Bonchev–Trinajstić information content (AvgIpc) is 2.99. The fraction of sp³-hybridized carbons (Fsp3) is 0.214. The Morgan fingerprint density at radius 2 is 2.10 bits per heavy atom. The third-order valence-electron chi connectivity index (χ3n) is 3.20. The van der Waals surface area contributed by atoms with Gasteiger partial charge in [-0.2, -0.15) is 5.10 Å². The van der Waals surface area contributed by atoms with Crippen LogP contribution in [0.15, 0.2) is 41.6 Å². The van der Waals surface area contributed by atoms with Crippen LogP contribution in [0.2, 0.25) is 0 Å². The van der Waals surface area contributed by atoms with Crippen LogP contribution in [0.5, 0.6) is 11.5 Å². The summed E-state index contributed by atoms with van der Waals surface area (Å²) >= 11 is 0. The first-order chi connectivity index (χ1) is 10.2. The van der Waals surface area contributed by atoms with Crippen LogP contribution in [0.3, 0.4) is 0 Å². The molecule has 3 aromatic rings. The third-order valence-corrected chi connectivity index (χ3v) is 3.20. The summed E-state index contributed by atoms with van der Waals surface area (Å²) in [5.74, 6) is 1.07. The van der Waals surface area contributed by atoms with Crippen LogP contribution < -0.4 is 15.2 Å². The Morgan fingerprint density at radius 3 is 2.86 bits per heavy atom. The van der Waals surface area contributed by atoms with Gasteiger partial charge in [0.05, 0.1) is 32.5 Å². The minimum absolute atomic E-state index is 0.202. The summed E-state index contributed by atoms with van der Waals surface area (Å²) in [5, 5.41) is 4.15. The molecule has 0 spiro atoms. The van der Waals surface area contributed by atoms with Gasteiger partial charge in [0.2, 0.25) is 0 Å². The lowest BCUT2D eigenvalue weighted by Crippen LogP contribution is -2.29. The summed E-state index contributed by atoms with van der Waals surface area (Å²) < 4.78 is 13.4. The van der Waals surface area contributed by atoms with E-state index in [-0.39, 0.29) is 12.2 Å². The molecule has 0 unspecified atom stereocenters. The summed E-state index contributed by atoms with van der Waals surface area (Å²) in [7, 11) is 3.09. The molecule has 0 aliphatic heterocycles. The van der Waals surface area contributed by atoms with Gasteiger partial charge in [-0.25, -0.2) is 9.48 Å². The molecule has 0 fully saturated rings. The standard InChI is InChI=1S/C14H14N4O3/c1-20-12-5-6-15-11(13(12)21-2)9-18-14(19)17-7-3-4-10(17)8-16-18/h3-8H,9H2,1-2H3. The van der Waals surface area contributed by atoms with Crippen molar-refractivity contribution in [2.45, 2.75) is 6.54 Å². The van der Waals surface area contributed by atoms with Crippen molar-refractivity contribution in [1.82, 2.24) is 19.2 Å². The lowest BCUT2D eigenvalue weighted by atomic mass is 10.3. The largest absolute Gasteiger partial charge is 0.493 e. The average molecular weight is 286 g/mol. The molecule has 7 nitrogen and oxygen atoms in total. The molecule has 0 saturated carbocycles. The van der Waals surface area contributed by atoms with Gasteiger partial charge in [0.25, 0.3) is 0 Å². The highest BCUT2D eigenvalue weighted by Gasteiger charge is 2.13. The molecule has 0 N–H and O–H groups in total. The maximum absolute atomic E-state index is 12.3. The topological polar surface area (TPSA) is 70.6 Å². The van der Waals surface area contributed by atoms with Gasteiger partial charge in [-0.3, -0.25) is 9.38 Å². The number of hydrogen-bond donors (Lipinski definition) is 0. The van der Waals surface area contributed by atoms with Gasteiger partial charge in [0.1, 0.15) is 5.69 Å². The summed E-state index contributed by atoms with van der Waals surface area (Å²) in [6.45, 7) is 0.202. The van der Waals surface area contributed by atoms with Crippen molar-refractivity contribution < 1.29 is 9.47 Å². The van der Waals surface area contributed by atoms with Gasteiger partial charge in [0.15, 0.2) is 11.5 Å². The molecule has 0 radical (unpaired) electrons. The first-order valence-electron chi connectivity index (χ1n) is 6.33. The van der Waals surface area contributed by atoms with E-state index in [0.29, 0.717) is 17.2 Å². The molecular weight excluding hydrogens is 272 g/mol. The molecule has 0 saturated heterocycles. The minimum Gasteiger partial charge on any atom is -0.493 e. The Labute approximate surface area is 120 Å². The van der Waals surface area contributed by atoms with Gasteiger partial charge in [-0.15, -0.1) is 0 Å². The molecule has 21 heavy (non-hydrogen) atoms. The van der Waals surface area contributed by atoms with Gasteiger partial charge >= 0.3 is 5.69 Å². The second kappa shape index (κ2) is 5.28. The molecule has 0 aliphatic rings. The van der Waals surface area contributed by atoms with Gasteiger partial charge in [-0.05, 0) is 12.1 Å². The van der Waals surface area contributed by atoms with E-state index in [0.717, 1.165) is 5.52 Å². The zero-order valence-electron chi connectivity index (χ0n) is 11.7. The lowest BCUT2D eigenvalue weighted by Gasteiger charge is -2.12. The van der Waals surface area contributed by atoms with Crippen molar-refractivity contribution in [3.05, 3.63) is 53.0 Å². The Hall–Kier alpha value is -2.83. The highest BCUT2D eigenvalue weighted by atomic mass is 16.5. The maximum atomic E-state index is 12.3. The number of rotatable bonds is 4. The smallest absolute Gasteiger partial charge is 0.349 e. The second-order valence-corrected chi connectivity index (χ2v) is 4.38. The molecule has 0 aliphatic carbocycles. The van der Waals surface area contributed by atoms with E-state index in [1.165, 1.54) is 16.2 Å². The number of fused-ring (bicyclic) bond motifs is 1. The van der Waals surface area contributed by atoms with Crippen LogP contribution in [0.1, 0.15) is 5.69 Å². The first-order valence-corrected chi connectivity index (χ1v) is 6.33. The van der Waals surface area contributed by atoms with Gasteiger partial charge in [-0.1, -0.05) is 0 Å². The van der Waals surface area contributed by atoms with Crippen molar-refractivity contribution in [3.8, 4) is 11.5 Å². The van der Waals surface area contributed by atoms with Crippen molar-refractivity contribution in [1.29, 1.82) is 0 Å². The van der Waals surface area contributed by atoms with E-state index in [1.54, 1.807) is 37.8 Å². The number of aromatic nitrogens is 4. The predicted octanol–water partition coefficient (Wildman–Crippen LogP) is 0.956. The summed E-state index contributed by atoms with van der Waals surface area (Å²) in [5.41, 5.74) is 1.10. The minimum atomic E-state index is -0.232. The molecule has 3 rings (SSSR count). The molecule has 3 heterocycles. The van der Waals surface area contributed by atoms with E-state index in [2.05, 4.69) is 10.1 Å². The van der Waals surface area contributed by atoms with Crippen LogP contribution in [0.4, 0.5) is 0 Å². The number of nitrogens with zero attached hydrogens (tertiary/aromatic N) is 4. The van der Waals surface area contributed by atoms with Crippen LogP contribution in [0, 0.1) is 0 Å². The zero-order chi connectivity index (χ0) is 14.8. The van der Waals surface area contributed by atoms with E-state index in [4.69, 9.17) is 9.47 Å². The normalized spacial score (nSPS) is 10.8. The molecule has 0 aromatic carbocycles. The summed E-state index contributed by atoms with van der Waals surface area (Å²) in [6.07, 6.45) is 4.94. The zero-order valence-corrected chi connectivity index (χ0v) is 11.7. The lowest BCUT2D eigenvalue weighted by molar-refractivity contribution is 0.347. The maximum Gasteiger partial charge on any atom is 0.349 e. The van der Waals surface area contributed by atoms with Crippen LogP contribution in [0.25, 0.3) is 5.52 Å². The second-order valence-electron chi connectivity index (χ2n) is 4.38. The highest BCUT2D eigenvalue weighted by Crippen LogP contribution is 2.29. The number of hydrogen-bond acceptors (Lipinski definition) is 5. The van der Waals surface area contributed by atoms with Crippen LogP contribution in [-0.4, -0.2) is 33.4 Å². The van der Waals surface area contributed by atoms with Crippen LogP contribution >= 0.6 is 0 Å². The van der Waals surface area contributed by atoms with Crippen molar-refractivity contribution in [3.63, 3.8) is 0 Å². The Balaban J connectivity index is 2.06. The predicted molar refractivity (Wildman–Crippen MR) is 75.9 cm³/mol. The molecule has 0 atom stereocenters. The number of pyridine rings is 1. The van der Waals surface area contributed by atoms with Crippen LogP contribution in [-0.2, 0) is 6.54 Å². The number of methoxy groups -OCH3 is 2. The highest BCUT2D eigenvalue weighted by molar-refractivity contribution is 5.44. The fourth-order valence-corrected chi connectivity index (χ4v) is 2.19. The molecule has 108 valence electrons. The number of ether oxygens (including phenoxy) is 2. The molecule has 7 heteroatoms. The third kappa shape index (κ3) is 2.22. The van der Waals surface area contributed by atoms with E-state index < -0.39 is 0 Å². The monoisotopic (exact) mass is 286 g/mol. The first kappa shape index (κ1) is 13.2. The van der Waals surface area contributed by atoms with E-state index in [1.807, 2.05) is 6.07 Å². The van der Waals surface area contributed by atoms with Gasteiger partial charge in [0, 0.05) is 18.5 Å². The molecule has 0 amide bonds. The summed E-state index contributed by atoms with van der Waals surface area (Å²) in [4.78, 5) is 16.6. The van der Waals surface area contributed by atoms with Crippen molar-refractivity contribution in [2.24, 2.45) is 0 Å². The molecular formula is C14H14N4O3. The van der Waals surface area contributed by atoms with E-state index in [9.17, 15) is 4.79 Å². The van der Waals surface area contributed by atoms with Crippen molar-refractivity contribution >= 4 is 5.52 Å². The van der Waals surface area contributed by atoms with E-state index >= 15 is 0 Å². The SMILES string of the molecule is COc1ccnc(Cn2ncc3cccn3c2=O)c1OC. The Bertz CT molecular complexity index is 838. The Morgan fingerprint density at radius 1 is 1.24 bits per heavy atom. The quantitative estimate of drug-likeness (QED) is 0.714.